The summed E-state index contributed by atoms with van der Waals surface area (Å²) in [4.78, 5) is 0.482. The Labute approximate surface area is 143 Å². The molecule has 1 aromatic rings. The number of allylic oxidation sites excluding steroid dienone is 1. The van der Waals surface area contributed by atoms with Gasteiger partial charge in [0.15, 0.2) is 0 Å². The molecule has 21 heavy (non-hydrogen) atoms. The van der Waals surface area contributed by atoms with Gasteiger partial charge in [0.25, 0.3) is 0 Å². The topological polar surface area (TPSA) is 29.5 Å². The Morgan fingerprint density at radius 2 is 2.10 bits per heavy atom. The molecule has 116 valence electrons. The van der Waals surface area contributed by atoms with Gasteiger partial charge in [0, 0.05) is 4.83 Å². The molecule has 0 saturated heterocycles. The molecule has 1 saturated carbocycles. The summed E-state index contributed by atoms with van der Waals surface area (Å²) in [6, 6.07) is 3.62. The molecule has 1 fully saturated rings. The number of phenolic OH excluding ortho intramolecular Hbond substituents is 1. The Hall–Kier alpha value is -0.480. The van der Waals surface area contributed by atoms with Crippen molar-refractivity contribution in [3.05, 3.63) is 34.3 Å². The van der Waals surface area contributed by atoms with Gasteiger partial charge in [0.2, 0.25) is 0 Å². The predicted octanol–water partition coefficient (Wildman–Crippen LogP) is 5.46. The lowest BCUT2D eigenvalue weighted by Crippen LogP contribution is -2.39. The van der Waals surface area contributed by atoms with Crippen LogP contribution in [-0.4, -0.2) is 17.0 Å². The Kier molecular flexibility index (Phi) is 5.09. The summed E-state index contributed by atoms with van der Waals surface area (Å²) in [6.07, 6.45) is 3.01. The van der Waals surface area contributed by atoms with Crippen LogP contribution in [0.1, 0.15) is 32.3 Å². The van der Waals surface area contributed by atoms with Gasteiger partial charge in [-0.25, -0.2) is 0 Å². The van der Waals surface area contributed by atoms with E-state index in [0.717, 1.165) is 30.6 Å². The molecule has 0 heterocycles. The SMILES string of the molecule is C=C1CC[C@@H](Br)C(C)(C)[C@H]1Cc1cc(O)c(Br)cc1OC. The van der Waals surface area contributed by atoms with Crippen LogP contribution in [0.4, 0.5) is 0 Å². The molecule has 4 heteroatoms. The lowest BCUT2D eigenvalue weighted by Gasteiger charge is -2.44. The minimum Gasteiger partial charge on any atom is -0.507 e. The Morgan fingerprint density at radius 3 is 2.71 bits per heavy atom. The van der Waals surface area contributed by atoms with Crippen molar-refractivity contribution in [2.45, 2.75) is 37.9 Å². The van der Waals surface area contributed by atoms with Crippen molar-refractivity contribution in [1.29, 1.82) is 0 Å². The number of phenols is 1. The van der Waals surface area contributed by atoms with Crippen LogP contribution < -0.4 is 4.74 Å². The fraction of sp³-hybridized carbons (Fsp3) is 0.529. The molecule has 1 aliphatic carbocycles. The zero-order valence-electron chi connectivity index (χ0n) is 12.7. The summed E-state index contributed by atoms with van der Waals surface area (Å²) in [6.45, 7) is 8.85. The third kappa shape index (κ3) is 3.31. The normalized spacial score (nSPS) is 24.9. The van der Waals surface area contributed by atoms with Crippen molar-refractivity contribution in [2.24, 2.45) is 11.3 Å². The van der Waals surface area contributed by atoms with E-state index in [2.05, 4.69) is 52.3 Å². The van der Waals surface area contributed by atoms with Crippen LogP contribution in [0.25, 0.3) is 0 Å². The van der Waals surface area contributed by atoms with Gasteiger partial charge in [-0.1, -0.05) is 41.9 Å². The first-order chi connectivity index (χ1) is 9.77. The minimum absolute atomic E-state index is 0.128. The van der Waals surface area contributed by atoms with Crippen molar-refractivity contribution in [1.82, 2.24) is 0 Å². The summed E-state index contributed by atoms with van der Waals surface area (Å²) in [5.74, 6) is 1.42. The Bertz CT molecular complexity index is 552. The molecule has 1 aromatic carbocycles. The lowest BCUT2D eigenvalue weighted by atomic mass is 9.64. The highest BCUT2D eigenvalue weighted by molar-refractivity contribution is 9.10. The molecule has 2 atom stereocenters. The fourth-order valence-electron chi connectivity index (χ4n) is 3.17. The summed E-state index contributed by atoms with van der Waals surface area (Å²) >= 11 is 7.16. The van der Waals surface area contributed by atoms with Gasteiger partial charge in [-0.2, -0.15) is 0 Å². The second-order valence-electron chi connectivity index (χ2n) is 6.36. The quantitative estimate of drug-likeness (QED) is 0.522. The highest BCUT2D eigenvalue weighted by Gasteiger charge is 2.41. The molecule has 0 amide bonds. The summed E-state index contributed by atoms with van der Waals surface area (Å²) in [5.41, 5.74) is 2.45. The van der Waals surface area contributed by atoms with Crippen molar-refractivity contribution in [3.63, 3.8) is 0 Å². The van der Waals surface area contributed by atoms with E-state index >= 15 is 0 Å². The molecular weight excluding hydrogens is 396 g/mol. The lowest BCUT2D eigenvalue weighted by molar-refractivity contribution is 0.201. The first kappa shape index (κ1) is 16.9. The highest BCUT2D eigenvalue weighted by Crippen LogP contribution is 2.49. The maximum absolute atomic E-state index is 9.96. The second-order valence-corrected chi connectivity index (χ2v) is 8.32. The fourth-order valence-corrected chi connectivity index (χ4v) is 4.04. The van der Waals surface area contributed by atoms with Gasteiger partial charge in [-0.3, -0.25) is 0 Å². The minimum atomic E-state index is 0.128. The molecule has 2 rings (SSSR count). The van der Waals surface area contributed by atoms with E-state index < -0.39 is 0 Å². The van der Waals surface area contributed by atoms with E-state index in [9.17, 15) is 5.11 Å². The number of halogens is 2. The molecule has 2 nitrogen and oxygen atoms in total. The molecule has 0 unspecified atom stereocenters. The van der Waals surface area contributed by atoms with E-state index in [4.69, 9.17) is 4.74 Å². The number of methoxy groups -OCH3 is 1. The maximum atomic E-state index is 9.96. The van der Waals surface area contributed by atoms with E-state index in [1.807, 2.05) is 6.07 Å². The number of ether oxygens (including phenoxy) is 1. The van der Waals surface area contributed by atoms with E-state index in [1.165, 1.54) is 5.57 Å². The summed E-state index contributed by atoms with van der Waals surface area (Å²) in [5, 5.41) is 9.96. The van der Waals surface area contributed by atoms with Crippen LogP contribution >= 0.6 is 31.9 Å². The first-order valence-electron chi connectivity index (χ1n) is 7.14. The van der Waals surface area contributed by atoms with Crippen LogP contribution in [0, 0.1) is 11.3 Å². The molecular formula is C17H22Br2O2. The zero-order chi connectivity index (χ0) is 15.8. The smallest absolute Gasteiger partial charge is 0.130 e. The number of hydrogen-bond donors (Lipinski definition) is 1. The average molecular weight is 418 g/mol. The number of alkyl halides is 1. The van der Waals surface area contributed by atoms with Gasteiger partial charge in [-0.05, 0) is 64.2 Å². The molecule has 0 aliphatic heterocycles. The number of rotatable bonds is 3. The molecule has 1 N–H and O–H groups in total. The number of hydrogen-bond acceptors (Lipinski definition) is 2. The summed E-state index contributed by atoms with van der Waals surface area (Å²) < 4.78 is 6.13. The number of benzene rings is 1. The van der Waals surface area contributed by atoms with Crippen molar-refractivity contribution >= 4 is 31.9 Å². The van der Waals surface area contributed by atoms with Crippen molar-refractivity contribution in [2.75, 3.05) is 7.11 Å². The molecule has 1 aliphatic rings. The standard InChI is InChI=1S/C17H22Br2O2/c1-10-5-6-16(19)17(2,3)12(10)7-11-8-14(20)13(18)9-15(11)21-4/h8-9,12,16,20H,1,5-7H2,2-4H3/t12-,16+/m0/s1. The number of aromatic hydroxyl groups is 1. The van der Waals surface area contributed by atoms with Gasteiger partial charge in [-0.15, -0.1) is 0 Å². The third-order valence-electron chi connectivity index (χ3n) is 4.69. The highest BCUT2D eigenvalue weighted by atomic mass is 79.9. The monoisotopic (exact) mass is 416 g/mol. The third-order valence-corrected chi connectivity index (χ3v) is 6.96. The van der Waals surface area contributed by atoms with Crippen LogP contribution in [0.5, 0.6) is 11.5 Å². The Balaban J connectivity index is 2.36. The second kappa shape index (κ2) is 6.33. The van der Waals surface area contributed by atoms with Gasteiger partial charge < -0.3 is 9.84 Å². The molecule has 0 aromatic heterocycles. The van der Waals surface area contributed by atoms with E-state index in [0.29, 0.717) is 15.2 Å². The van der Waals surface area contributed by atoms with Crippen LogP contribution in [-0.2, 0) is 6.42 Å². The van der Waals surface area contributed by atoms with Gasteiger partial charge in [0.1, 0.15) is 11.5 Å². The molecule has 0 spiro atoms. The van der Waals surface area contributed by atoms with Gasteiger partial charge in [0.05, 0.1) is 11.6 Å². The maximum Gasteiger partial charge on any atom is 0.130 e. The Morgan fingerprint density at radius 1 is 1.43 bits per heavy atom. The summed E-state index contributed by atoms with van der Waals surface area (Å²) in [7, 11) is 1.66. The molecule has 0 bridgehead atoms. The van der Waals surface area contributed by atoms with Crippen LogP contribution in [0.15, 0.2) is 28.8 Å². The van der Waals surface area contributed by atoms with E-state index in [1.54, 1.807) is 13.2 Å². The van der Waals surface area contributed by atoms with Crippen LogP contribution in [0.3, 0.4) is 0 Å². The first-order valence-corrected chi connectivity index (χ1v) is 8.85. The van der Waals surface area contributed by atoms with E-state index in [-0.39, 0.29) is 11.2 Å². The average Bonchev–Trinajstić information content (AvgIpc) is 2.43. The largest absolute Gasteiger partial charge is 0.507 e. The van der Waals surface area contributed by atoms with Crippen LogP contribution in [0.2, 0.25) is 0 Å². The molecule has 0 radical (unpaired) electrons. The predicted molar refractivity (Wildman–Crippen MR) is 94.4 cm³/mol. The van der Waals surface area contributed by atoms with Crippen molar-refractivity contribution in [3.8, 4) is 11.5 Å². The van der Waals surface area contributed by atoms with Gasteiger partial charge >= 0.3 is 0 Å². The van der Waals surface area contributed by atoms with Crippen molar-refractivity contribution < 1.29 is 9.84 Å². The zero-order valence-corrected chi connectivity index (χ0v) is 15.9.